The van der Waals surface area contributed by atoms with Gasteiger partial charge in [0.15, 0.2) is 0 Å². The van der Waals surface area contributed by atoms with Crippen molar-refractivity contribution in [2.75, 3.05) is 5.32 Å². The van der Waals surface area contributed by atoms with E-state index in [9.17, 15) is 10.2 Å². The molecule has 3 N–H and O–H groups in total. The number of hydrogen-bond donors (Lipinski definition) is 3. The lowest BCUT2D eigenvalue weighted by molar-refractivity contribution is 0.455. The van der Waals surface area contributed by atoms with Crippen LogP contribution < -0.4 is 14.8 Å². The predicted molar refractivity (Wildman–Crippen MR) is 122 cm³/mol. The van der Waals surface area contributed by atoms with E-state index in [0.29, 0.717) is 45.5 Å². The zero-order chi connectivity index (χ0) is 23.2. The Labute approximate surface area is 189 Å². The molecular weight excluding hydrogens is 418 g/mol. The highest BCUT2D eigenvalue weighted by Crippen LogP contribution is 2.34. The number of phenols is 2. The summed E-state index contributed by atoms with van der Waals surface area (Å²) < 4.78 is 11.6. The number of nitrogens with zero attached hydrogens (tertiary/aromatic N) is 2. The van der Waals surface area contributed by atoms with E-state index in [1.165, 1.54) is 24.3 Å². The Morgan fingerprint density at radius 2 is 0.939 bits per heavy atom. The lowest BCUT2D eigenvalue weighted by atomic mass is 10.2. The first-order valence-electron chi connectivity index (χ1n) is 9.82. The molecule has 4 aromatic rings. The number of anilines is 2. The highest BCUT2D eigenvalue weighted by molar-refractivity contribution is 5.66. The molecule has 7 nitrogen and oxygen atoms in total. The fourth-order valence-electron chi connectivity index (χ4n) is 3.06. The first-order chi connectivity index (χ1) is 16.0. The molecule has 0 fully saturated rings. The van der Waals surface area contributed by atoms with E-state index in [0.717, 1.165) is 0 Å². The van der Waals surface area contributed by atoms with Crippen LogP contribution in [0.15, 0.2) is 84.9 Å². The molecule has 0 aliphatic rings. The van der Waals surface area contributed by atoms with Gasteiger partial charge in [-0.05, 0) is 48.5 Å². The van der Waals surface area contributed by atoms with Crippen LogP contribution in [0, 0.1) is 22.7 Å². The van der Waals surface area contributed by atoms with E-state index < -0.39 is 0 Å². The summed E-state index contributed by atoms with van der Waals surface area (Å²) in [5, 5.41) is 41.2. The SMILES string of the molecule is N#Cc1ccc(Oc2cc(O)cc(Nc3cc(O)cc(Oc4ccc(C#N)cc4)c3)c2)cc1. The average molecular weight is 435 g/mol. The highest BCUT2D eigenvalue weighted by Gasteiger charge is 2.07. The number of phenolic OH excluding ortho intramolecular Hbond substituents is 2. The third kappa shape index (κ3) is 5.52. The van der Waals surface area contributed by atoms with Crippen LogP contribution in [0.2, 0.25) is 0 Å². The molecule has 0 bridgehead atoms. The second-order valence-electron chi connectivity index (χ2n) is 7.03. The van der Waals surface area contributed by atoms with Crippen LogP contribution in [0.1, 0.15) is 11.1 Å². The van der Waals surface area contributed by atoms with Gasteiger partial charge >= 0.3 is 0 Å². The van der Waals surface area contributed by atoms with Crippen LogP contribution in [0.5, 0.6) is 34.5 Å². The molecule has 0 unspecified atom stereocenters. The van der Waals surface area contributed by atoms with Crippen molar-refractivity contribution in [3.05, 3.63) is 96.1 Å². The molecule has 0 atom stereocenters. The maximum Gasteiger partial charge on any atom is 0.133 e. The molecule has 0 aliphatic carbocycles. The largest absolute Gasteiger partial charge is 0.508 e. The highest BCUT2D eigenvalue weighted by atomic mass is 16.5. The van der Waals surface area contributed by atoms with E-state index in [1.807, 2.05) is 12.1 Å². The third-order valence-electron chi connectivity index (χ3n) is 4.51. The van der Waals surface area contributed by atoms with Crippen LogP contribution in [-0.4, -0.2) is 10.2 Å². The van der Waals surface area contributed by atoms with Gasteiger partial charge < -0.3 is 25.0 Å². The number of rotatable bonds is 6. The first-order valence-corrected chi connectivity index (χ1v) is 9.82. The minimum absolute atomic E-state index is 0.0159. The van der Waals surface area contributed by atoms with Crippen LogP contribution in [-0.2, 0) is 0 Å². The molecule has 7 heteroatoms. The second-order valence-corrected chi connectivity index (χ2v) is 7.03. The lowest BCUT2D eigenvalue weighted by Gasteiger charge is -2.13. The molecule has 0 spiro atoms. The van der Waals surface area contributed by atoms with Crippen molar-refractivity contribution in [2.45, 2.75) is 0 Å². The van der Waals surface area contributed by atoms with Crippen molar-refractivity contribution < 1.29 is 19.7 Å². The van der Waals surface area contributed by atoms with Gasteiger partial charge in [-0.2, -0.15) is 10.5 Å². The average Bonchev–Trinajstić information content (AvgIpc) is 2.79. The Balaban J connectivity index is 1.53. The number of nitriles is 2. The second kappa shape index (κ2) is 9.34. The van der Waals surface area contributed by atoms with Crippen molar-refractivity contribution >= 4 is 11.4 Å². The summed E-state index contributed by atoms with van der Waals surface area (Å²) in [6.45, 7) is 0. The maximum atomic E-state index is 10.1. The van der Waals surface area contributed by atoms with Gasteiger partial charge in [-0.15, -0.1) is 0 Å². The van der Waals surface area contributed by atoms with Crippen molar-refractivity contribution in [1.29, 1.82) is 10.5 Å². The number of aromatic hydroxyl groups is 2. The fraction of sp³-hybridized carbons (Fsp3) is 0. The van der Waals surface area contributed by atoms with Gasteiger partial charge in [-0.3, -0.25) is 0 Å². The van der Waals surface area contributed by atoms with E-state index in [2.05, 4.69) is 5.32 Å². The molecule has 0 aliphatic heterocycles. The number of benzene rings is 4. The molecule has 160 valence electrons. The normalized spacial score (nSPS) is 10.0. The zero-order valence-corrected chi connectivity index (χ0v) is 17.2. The molecule has 0 heterocycles. The van der Waals surface area contributed by atoms with Gasteiger partial charge in [-0.1, -0.05) is 0 Å². The predicted octanol–water partition coefficient (Wildman–Crippen LogP) is 6.17. The third-order valence-corrected chi connectivity index (χ3v) is 4.51. The van der Waals surface area contributed by atoms with Gasteiger partial charge in [0, 0.05) is 47.8 Å². The summed E-state index contributed by atoms with van der Waals surface area (Å²) in [6.07, 6.45) is 0. The summed E-state index contributed by atoms with van der Waals surface area (Å²) >= 11 is 0. The minimum Gasteiger partial charge on any atom is -0.508 e. The standard InChI is InChI=1S/C26H17N3O4/c27-15-17-1-5-23(6-2-17)32-25-11-19(9-21(30)13-25)29-20-10-22(31)14-26(12-20)33-24-7-3-18(16-28)4-8-24/h1-14,29-31H. The molecule has 0 saturated carbocycles. The van der Waals surface area contributed by atoms with Crippen LogP contribution >= 0.6 is 0 Å². The van der Waals surface area contributed by atoms with Crippen LogP contribution in [0.25, 0.3) is 0 Å². The first kappa shape index (κ1) is 21.1. The fourth-order valence-corrected chi connectivity index (χ4v) is 3.06. The minimum atomic E-state index is -0.0159. The van der Waals surface area contributed by atoms with Crippen molar-refractivity contribution in [1.82, 2.24) is 0 Å². The maximum absolute atomic E-state index is 10.1. The van der Waals surface area contributed by atoms with E-state index in [-0.39, 0.29) is 11.5 Å². The Bertz CT molecular complexity index is 1260. The summed E-state index contributed by atoms with van der Waals surface area (Å²) in [4.78, 5) is 0. The molecule has 0 aromatic heterocycles. The zero-order valence-electron chi connectivity index (χ0n) is 17.2. The summed E-state index contributed by atoms with van der Waals surface area (Å²) in [5.41, 5.74) is 2.08. The van der Waals surface area contributed by atoms with E-state index in [4.69, 9.17) is 20.0 Å². The molecule has 0 radical (unpaired) electrons. The van der Waals surface area contributed by atoms with Crippen molar-refractivity contribution in [3.8, 4) is 46.6 Å². The number of hydrogen-bond acceptors (Lipinski definition) is 7. The van der Waals surface area contributed by atoms with Gasteiger partial charge in [0.05, 0.1) is 23.3 Å². The van der Waals surface area contributed by atoms with Crippen molar-refractivity contribution in [2.24, 2.45) is 0 Å². The number of nitrogens with one attached hydrogen (secondary N) is 1. The Morgan fingerprint density at radius 3 is 1.30 bits per heavy atom. The smallest absolute Gasteiger partial charge is 0.133 e. The summed E-state index contributed by atoms with van der Waals surface area (Å²) in [6, 6.07) is 26.6. The summed E-state index contributed by atoms with van der Waals surface area (Å²) in [7, 11) is 0. The van der Waals surface area contributed by atoms with E-state index >= 15 is 0 Å². The van der Waals surface area contributed by atoms with Crippen molar-refractivity contribution in [3.63, 3.8) is 0 Å². The Kier molecular flexibility index (Phi) is 5.97. The number of ether oxygens (including phenoxy) is 2. The van der Waals surface area contributed by atoms with Gasteiger partial charge in [-0.25, -0.2) is 0 Å². The van der Waals surface area contributed by atoms with Gasteiger partial charge in [0.1, 0.15) is 34.5 Å². The van der Waals surface area contributed by atoms with Gasteiger partial charge in [0.2, 0.25) is 0 Å². The Hall–Kier alpha value is -5.14. The topological polar surface area (TPSA) is 119 Å². The molecule has 0 amide bonds. The quantitative estimate of drug-likeness (QED) is 0.331. The molecule has 4 rings (SSSR count). The lowest BCUT2D eigenvalue weighted by Crippen LogP contribution is -1.93. The summed E-state index contributed by atoms with van der Waals surface area (Å²) in [5.74, 6) is 1.77. The Morgan fingerprint density at radius 1 is 0.545 bits per heavy atom. The van der Waals surface area contributed by atoms with Crippen LogP contribution in [0.4, 0.5) is 11.4 Å². The molecule has 0 saturated heterocycles. The molecule has 33 heavy (non-hydrogen) atoms. The molecule has 4 aromatic carbocycles. The van der Waals surface area contributed by atoms with Gasteiger partial charge in [0.25, 0.3) is 0 Å². The molecular formula is C26H17N3O4. The van der Waals surface area contributed by atoms with E-state index in [1.54, 1.807) is 60.7 Å². The monoisotopic (exact) mass is 435 g/mol. The van der Waals surface area contributed by atoms with Crippen LogP contribution in [0.3, 0.4) is 0 Å².